The highest BCUT2D eigenvalue weighted by Crippen LogP contribution is 2.39. The third-order valence-electron chi connectivity index (χ3n) is 3.69. The fourth-order valence-electron chi connectivity index (χ4n) is 2.67. The van der Waals surface area contributed by atoms with Crippen molar-refractivity contribution < 1.29 is 14.3 Å². The van der Waals surface area contributed by atoms with Gasteiger partial charge in [-0.15, -0.1) is 0 Å². The molecule has 23 heavy (non-hydrogen) atoms. The van der Waals surface area contributed by atoms with Crippen LogP contribution in [-0.4, -0.2) is 35.0 Å². The van der Waals surface area contributed by atoms with Crippen molar-refractivity contribution >= 4 is 34.5 Å². The van der Waals surface area contributed by atoms with Gasteiger partial charge in [-0.05, 0) is 47.7 Å². The summed E-state index contributed by atoms with van der Waals surface area (Å²) < 4.78 is 13.1. The van der Waals surface area contributed by atoms with Crippen molar-refractivity contribution in [3.05, 3.63) is 44.9 Å². The van der Waals surface area contributed by atoms with E-state index in [1.54, 1.807) is 11.8 Å². The number of hydrogen-bond acceptors (Lipinski definition) is 6. The molecule has 0 spiro atoms. The van der Waals surface area contributed by atoms with Crippen LogP contribution in [0, 0.1) is 3.57 Å². The fourth-order valence-corrected chi connectivity index (χ4v) is 3.19. The molecule has 8 heteroatoms. The number of carbonyl (C=O) groups is 1. The van der Waals surface area contributed by atoms with Gasteiger partial charge >= 0.3 is 5.97 Å². The maximum atomic E-state index is 12.4. The molecule has 1 aliphatic heterocycles. The number of rotatable bonds is 3. The Bertz CT molecular complexity index is 800. The van der Waals surface area contributed by atoms with E-state index in [4.69, 9.17) is 9.47 Å². The van der Waals surface area contributed by atoms with E-state index in [0.717, 1.165) is 9.13 Å². The zero-order chi connectivity index (χ0) is 16.6. The number of nitrogens with zero attached hydrogens (tertiary/aromatic N) is 3. The number of fused-ring (bicyclic) bond motifs is 1. The van der Waals surface area contributed by atoms with E-state index in [-0.39, 0.29) is 0 Å². The molecule has 3 rings (SSSR count). The molecule has 0 fully saturated rings. The van der Waals surface area contributed by atoms with Gasteiger partial charge in [0.15, 0.2) is 0 Å². The molecule has 120 valence electrons. The van der Waals surface area contributed by atoms with E-state index >= 15 is 0 Å². The molecule has 1 aromatic heterocycles. The summed E-state index contributed by atoms with van der Waals surface area (Å²) in [4.78, 5) is 16.5. The summed E-state index contributed by atoms with van der Waals surface area (Å²) in [5.41, 5.74) is 1.99. The largest absolute Gasteiger partial charge is 0.496 e. The van der Waals surface area contributed by atoms with Gasteiger partial charge in [-0.25, -0.2) is 9.48 Å². The van der Waals surface area contributed by atoms with Gasteiger partial charge in [-0.3, -0.25) is 0 Å². The van der Waals surface area contributed by atoms with E-state index in [2.05, 4.69) is 38.0 Å². The van der Waals surface area contributed by atoms with E-state index in [1.807, 2.05) is 25.1 Å². The van der Waals surface area contributed by atoms with Crippen molar-refractivity contribution in [1.82, 2.24) is 14.8 Å². The summed E-state index contributed by atoms with van der Waals surface area (Å²) >= 11 is 2.22. The van der Waals surface area contributed by atoms with Gasteiger partial charge in [-0.1, -0.05) is 0 Å². The van der Waals surface area contributed by atoms with Crippen LogP contribution in [0.3, 0.4) is 0 Å². The summed E-state index contributed by atoms with van der Waals surface area (Å²) in [6.45, 7) is 1.82. The SMILES string of the molecule is COC(=O)C1=C(C)Nc2ncnn2C1c1cc(I)ccc1OC. The number of aromatic nitrogens is 3. The quantitative estimate of drug-likeness (QED) is 0.600. The second kappa shape index (κ2) is 6.19. The zero-order valence-electron chi connectivity index (χ0n) is 12.8. The fraction of sp³-hybridized carbons (Fsp3) is 0.267. The highest BCUT2D eigenvalue weighted by Gasteiger charge is 2.35. The first-order valence-electron chi connectivity index (χ1n) is 6.86. The maximum Gasteiger partial charge on any atom is 0.338 e. The van der Waals surface area contributed by atoms with E-state index in [1.165, 1.54) is 13.4 Å². The zero-order valence-corrected chi connectivity index (χ0v) is 15.0. The van der Waals surface area contributed by atoms with Crippen LogP contribution < -0.4 is 10.1 Å². The molecule has 2 aromatic rings. The predicted octanol–water partition coefficient (Wildman–Crippen LogP) is 2.35. The maximum absolute atomic E-state index is 12.4. The smallest absolute Gasteiger partial charge is 0.338 e. The van der Waals surface area contributed by atoms with Crippen LogP contribution in [0.2, 0.25) is 0 Å². The van der Waals surface area contributed by atoms with Crippen LogP contribution in [0.25, 0.3) is 0 Å². The first-order valence-corrected chi connectivity index (χ1v) is 7.93. The second-order valence-electron chi connectivity index (χ2n) is 4.97. The predicted molar refractivity (Wildman–Crippen MR) is 92.2 cm³/mol. The minimum absolute atomic E-state index is 0.415. The lowest BCUT2D eigenvalue weighted by atomic mass is 9.95. The molecule has 1 atom stereocenters. The highest BCUT2D eigenvalue weighted by atomic mass is 127. The molecule has 0 saturated heterocycles. The number of anilines is 1. The normalized spacial score (nSPS) is 16.6. The molecule has 0 saturated carbocycles. The number of ether oxygens (including phenoxy) is 2. The number of hydrogen-bond donors (Lipinski definition) is 1. The Morgan fingerprint density at radius 1 is 1.39 bits per heavy atom. The summed E-state index contributed by atoms with van der Waals surface area (Å²) in [5.74, 6) is 0.830. The number of esters is 1. The van der Waals surface area contributed by atoms with Gasteiger partial charge in [-0.2, -0.15) is 10.1 Å². The minimum Gasteiger partial charge on any atom is -0.496 e. The lowest BCUT2D eigenvalue weighted by Gasteiger charge is -2.28. The van der Waals surface area contributed by atoms with Gasteiger partial charge < -0.3 is 14.8 Å². The van der Waals surface area contributed by atoms with Crippen LogP contribution in [0.15, 0.2) is 35.8 Å². The molecule has 0 aliphatic carbocycles. The van der Waals surface area contributed by atoms with Crippen molar-refractivity contribution in [2.24, 2.45) is 0 Å². The van der Waals surface area contributed by atoms with Crippen molar-refractivity contribution in [3.8, 4) is 5.75 Å². The molecule has 1 N–H and O–H groups in total. The molecular weight excluding hydrogens is 411 g/mol. The molecule has 0 bridgehead atoms. The summed E-state index contributed by atoms with van der Waals surface area (Å²) in [6.07, 6.45) is 1.45. The van der Waals surface area contributed by atoms with Gasteiger partial charge in [0.1, 0.15) is 18.1 Å². The second-order valence-corrected chi connectivity index (χ2v) is 6.22. The Labute approximate surface area is 146 Å². The van der Waals surface area contributed by atoms with Crippen LogP contribution in [0.1, 0.15) is 18.5 Å². The monoisotopic (exact) mass is 426 g/mol. The Morgan fingerprint density at radius 3 is 2.87 bits per heavy atom. The van der Waals surface area contributed by atoms with Crippen molar-refractivity contribution in [2.75, 3.05) is 19.5 Å². The summed E-state index contributed by atoms with van der Waals surface area (Å²) in [5, 5.41) is 7.35. The van der Waals surface area contributed by atoms with Crippen LogP contribution in [0.5, 0.6) is 5.75 Å². The van der Waals surface area contributed by atoms with Crippen LogP contribution in [-0.2, 0) is 9.53 Å². The van der Waals surface area contributed by atoms with Gasteiger partial charge in [0, 0.05) is 14.8 Å². The highest BCUT2D eigenvalue weighted by molar-refractivity contribution is 14.1. The minimum atomic E-state index is -0.467. The van der Waals surface area contributed by atoms with E-state index in [9.17, 15) is 4.79 Å². The first kappa shape index (κ1) is 15.8. The van der Waals surface area contributed by atoms with Gasteiger partial charge in [0.2, 0.25) is 5.95 Å². The average molecular weight is 426 g/mol. The molecule has 7 nitrogen and oxygen atoms in total. The number of allylic oxidation sites excluding steroid dienone is 1. The molecule has 0 radical (unpaired) electrons. The van der Waals surface area contributed by atoms with Crippen molar-refractivity contribution in [2.45, 2.75) is 13.0 Å². The Kier molecular flexibility index (Phi) is 4.24. The lowest BCUT2D eigenvalue weighted by Crippen LogP contribution is -2.29. The molecular formula is C15H15IN4O3. The number of nitrogens with one attached hydrogen (secondary N) is 1. The number of benzene rings is 1. The first-order chi connectivity index (χ1) is 11.1. The third-order valence-corrected chi connectivity index (χ3v) is 4.36. The molecule has 2 heterocycles. The number of halogens is 1. The molecule has 0 amide bonds. The molecule has 1 aliphatic rings. The van der Waals surface area contributed by atoms with Crippen LogP contribution in [0.4, 0.5) is 5.95 Å². The number of carbonyl (C=O) groups excluding carboxylic acids is 1. The van der Waals surface area contributed by atoms with E-state index < -0.39 is 12.0 Å². The van der Waals surface area contributed by atoms with E-state index in [0.29, 0.717) is 23.0 Å². The van der Waals surface area contributed by atoms with Crippen LogP contribution >= 0.6 is 22.6 Å². The standard InChI is InChI=1S/C15H15IN4O3/c1-8-12(14(21)23-3)13(20-15(19-8)17-7-18-20)10-6-9(16)4-5-11(10)22-2/h4-7,13H,1-3H3,(H,17,18,19). The number of methoxy groups -OCH3 is 2. The van der Waals surface area contributed by atoms with Gasteiger partial charge in [0.05, 0.1) is 19.8 Å². The Hall–Kier alpha value is -2.10. The lowest BCUT2D eigenvalue weighted by molar-refractivity contribution is -0.136. The van der Waals surface area contributed by atoms with Crippen molar-refractivity contribution in [3.63, 3.8) is 0 Å². The van der Waals surface area contributed by atoms with Crippen molar-refractivity contribution in [1.29, 1.82) is 0 Å². The average Bonchev–Trinajstić information content (AvgIpc) is 3.00. The Balaban J connectivity index is 2.26. The Morgan fingerprint density at radius 2 is 2.17 bits per heavy atom. The van der Waals surface area contributed by atoms with Gasteiger partial charge in [0.25, 0.3) is 0 Å². The third kappa shape index (κ3) is 2.67. The molecule has 1 unspecified atom stereocenters. The summed E-state index contributed by atoms with van der Waals surface area (Å²) in [6, 6.07) is 5.32. The topological polar surface area (TPSA) is 78.3 Å². The summed E-state index contributed by atoms with van der Waals surface area (Å²) in [7, 11) is 2.96. The molecule has 1 aromatic carbocycles.